The van der Waals surface area contributed by atoms with E-state index in [2.05, 4.69) is 9.59 Å². The van der Waals surface area contributed by atoms with Gasteiger partial charge in [-0.1, -0.05) is 16.7 Å². The molecule has 1 aromatic rings. The molecule has 0 atom stereocenters. The van der Waals surface area contributed by atoms with Crippen molar-refractivity contribution in [1.82, 2.24) is 14.5 Å². The van der Waals surface area contributed by atoms with Crippen LogP contribution in [-0.2, 0) is 0 Å². The van der Waals surface area contributed by atoms with E-state index in [1.165, 1.54) is 11.5 Å². The smallest absolute Gasteiger partial charge is 0.275 e. The van der Waals surface area contributed by atoms with E-state index in [9.17, 15) is 4.79 Å². The Hall–Kier alpha value is -0.730. The normalized spacial score (nSPS) is 18.6. The number of carbonyl (C=O) groups excluding carboxylic acids is 1. The molecule has 0 aromatic carbocycles. The number of nitrogens with zero attached hydrogens (tertiary/aromatic N) is 3. The molecule has 1 aliphatic heterocycles. The summed E-state index contributed by atoms with van der Waals surface area (Å²) in [4.78, 5) is 14.4. The maximum Gasteiger partial charge on any atom is 0.275 e. The summed E-state index contributed by atoms with van der Waals surface area (Å²) in [5, 5.41) is 5.48. The second-order valence-electron chi connectivity index (χ2n) is 4.15. The van der Waals surface area contributed by atoms with Crippen LogP contribution in [0.25, 0.3) is 0 Å². The molecule has 1 aliphatic rings. The van der Waals surface area contributed by atoms with Gasteiger partial charge < -0.3 is 10.6 Å². The minimum absolute atomic E-state index is 0.0543. The van der Waals surface area contributed by atoms with Crippen LogP contribution in [0.1, 0.15) is 23.3 Å². The number of aromatic nitrogens is 2. The van der Waals surface area contributed by atoms with Gasteiger partial charge in [-0.25, -0.2) is 0 Å². The topological polar surface area (TPSA) is 72.1 Å². The predicted octanol–water partition coefficient (Wildman–Crippen LogP) is 1.16. The van der Waals surface area contributed by atoms with Crippen LogP contribution in [-0.4, -0.2) is 49.5 Å². The molecule has 8 heteroatoms. The lowest BCUT2D eigenvalue weighted by Gasteiger charge is -2.39. The molecule has 0 radical (unpaired) electrons. The van der Waals surface area contributed by atoms with E-state index in [1.54, 1.807) is 22.0 Å². The van der Waals surface area contributed by atoms with Gasteiger partial charge in [-0.2, -0.15) is 11.8 Å². The molecule has 2 heterocycles. The van der Waals surface area contributed by atoms with E-state index < -0.39 is 0 Å². The highest BCUT2D eigenvalue weighted by Crippen LogP contribution is 2.35. The SMILES string of the molecule is CSC1(C(N)=S)CCN(C(=O)c2csnn2)CC1. The zero-order valence-corrected chi connectivity index (χ0v) is 12.4. The number of piperidine rings is 1. The van der Waals surface area contributed by atoms with E-state index in [4.69, 9.17) is 18.0 Å². The highest BCUT2D eigenvalue weighted by Gasteiger charge is 2.38. The molecule has 0 bridgehead atoms. The first kappa shape index (κ1) is 13.7. The van der Waals surface area contributed by atoms with Gasteiger partial charge in [0.15, 0.2) is 5.69 Å². The Balaban J connectivity index is 2.02. The van der Waals surface area contributed by atoms with Gasteiger partial charge in [0.05, 0.1) is 9.74 Å². The third kappa shape index (κ3) is 2.50. The van der Waals surface area contributed by atoms with Crippen LogP contribution < -0.4 is 5.73 Å². The summed E-state index contributed by atoms with van der Waals surface area (Å²) in [6.07, 6.45) is 3.61. The summed E-state index contributed by atoms with van der Waals surface area (Å²) >= 11 is 8.01. The molecular formula is C10H14N4OS3. The number of thioether (sulfide) groups is 1. The lowest BCUT2D eigenvalue weighted by atomic mass is 9.95. The zero-order chi connectivity index (χ0) is 13.2. The van der Waals surface area contributed by atoms with Gasteiger partial charge in [0.25, 0.3) is 5.91 Å². The van der Waals surface area contributed by atoms with Gasteiger partial charge >= 0.3 is 0 Å². The quantitative estimate of drug-likeness (QED) is 0.845. The van der Waals surface area contributed by atoms with Crippen LogP contribution in [0.15, 0.2) is 5.38 Å². The molecule has 1 saturated heterocycles. The largest absolute Gasteiger partial charge is 0.392 e. The Morgan fingerprint density at radius 1 is 1.61 bits per heavy atom. The third-order valence-corrected chi connectivity index (χ3v) is 5.71. The van der Waals surface area contributed by atoms with Gasteiger partial charge in [-0.15, -0.1) is 5.10 Å². The second kappa shape index (κ2) is 5.50. The number of carbonyl (C=O) groups is 1. The average molecular weight is 302 g/mol. The summed E-state index contributed by atoms with van der Waals surface area (Å²) in [5.41, 5.74) is 6.24. The molecule has 1 amide bonds. The fourth-order valence-electron chi connectivity index (χ4n) is 2.04. The maximum atomic E-state index is 12.1. The fourth-order valence-corrected chi connectivity index (χ4v) is 3.72. The molecule has 98 valence electrons. The molecule has 0 spiro atoms. The summed E-state index contributed by atoms with van der Waals surface area (Å²) in [6.45, 7) is 1.32. The number of rotatable bonds is 3. The van der Waals surface area contributed by atoms with E-state index >= 15 is 0 Å². The first-order valence-electron chi connectivity index (χ1n) is 5.50. The number of thiocarbonyl (C=S) groups is 1. The van der Waals surface area contributed by atoms with Crippen LogP contribution in [0.4, 0.5) is 0 Å². The van der Waals surface area contributed by atoms with Crippen LogP contribution in [0.3, 0.4) is 0 Å². The average Bonchev–Trinajstić information content (AvgIpc) is 2.91. The Kier molecular flexibility index (Phi) is 4.18. The Morgan fingerprint density at radius 2 is 2.28 bits per heavy atom. The monoisotopic (exact) mass is 302 g/mol. The number of hydrogen-bond donors (Lipinski definition) is 1. The molecule has 0 saturated carbocycles. The van der Waals surface area contributed by atoms with E-state index in [1.807, 2.05) is 6.26 Å². The lowest BCUT2D eigenvalue weighted by Crippen LogP contribution is -2.50. The number of nitrogens with two attached hydrogens (primary N) is 1. The minimum Gasteiger partial charge on any atom is -0.392 e. The van der Waals surface area contributed by atoms with Crippen molar-refractivity contribution in [2.75, 3.05) is 19.3 Å². The van der Waals surface area contributed by atoms with Crippen molar-refractivity contribution in [3.05, 3.63) is 11.1 Å². The van der Waals surface area contributed by atoms with Gasteiger partial charge in [0, 0.05) is 18.5 Å². The molecule has 5 nitrogen and oxygen atoms in total. The van der Waals surface area contributed by atoms with E-state index in [0.717, 1.165) is 12.8 Å². The van der Waals surface area contributed by atoms with Crippen LogP contribution in [0.5, 0.6) is 0 Å². The first-order chi connectivity index (χ1) is 8.59. The molecular weight excluding hydrogens is 288 g/mol. The molecule has 2 N–H and O–H groups in total. The van der Waals surface area contributed by atoms with Gasteiger partial charge in [-0.3, -0.25) is 4.79 Å². The summed E-state index contributed by atoms with van der Waals surface area (Å²) in [6, 6.07) is 0. The van der Waals surface area contributed by atoms with Crippen LogP contribution in [0.2, 0.25) is 0 Å². The Morgan fingerprint density at radius 3 is 2.72 bits per heavy atom. The molecule has 1 fully saturated rings. The van der Waals surface area contributed by atoms with Crippen molar-refractivity contribution in [3.8, 4) is 0 Å². The van der Waals surface area contributed by atoms with Crippen LogP contribution in [0, 0.1) is 0 Å². The molecule has 0 aliphatic carbocycles. The van der Waals surface area contributed by atoms with Crippen molar-refractivity contribution >= 4 is 46.4 Å². The van der Waals surface area contributed by atoms with Crippen molar-refractivity contribution in [3.63, 3.8) is 0 Å². The van der Waals surface area contributed by atoms with Crippen molar-refractivity contribution < 1.29 is 4.79 Å². The summed E-state index contributed by atoms with van der Waals surface area (Å²) in [5.74, 6) is -0.0543. The number of amides is 1. The second-order valence-corrected chi connectivity index (χ2v) is 6.38. The standard InChI is InChI=1S/C10H14N4OS3/c1-17-10(9(11)16)2-4-14(5-3-10)8(15)7-6-18-13-12-7/h6H,2-5H2,1H3,(H2,11,16). The van der Waals surface area contributed by atoms with Gasteiger partial charge in [0.1, 0.15) is 0 Å². The number of likely N-dealkylation sites (tertiary alicyclic amines) is 1. The maximum absolute atomic E-state index is 12.1. The summed E-state index contributed by atoms with van der Waals surface area (Å²) < 4.78 is 3.55. The fraction of sp³-hybridized carbons (Fsp3) is 0.600. The molecule has 1 aromatic heterocycles. The van der Waals surface area contributed by atoms with Crippen molar-refractivity contribution in [2.45, 2.75) is 17.6 Å². The van der Waals surface area contributed by atoms with E-state index in [-0.39, 0.29) is 10.7 Å². The molecule has 0 unspecified atom stereocenters. The van der Waals surface area contributed by atoms with E-state index in [0.29, 0.717) is 23.8 Å². The van der Waals surface area contributed by atoms with Crippen molar-refractivity contribution in [1.29, 1.82) is 0 Å². The highest BCUT2D eigenvalue weighted by molar-refractivity contribution is 8.02. The Bertz CT molecular complexity index is 440. The first-order valence-corrected chi connectivity index (χ1v) is 7.97. The van der Waals surface area contributed by atoms with Crippen LogP contribution >= 0.6 is 35.5 Å². The van der Waals surface area contributed by atoms with Gasteiger partial charge in [0.2, 0.25) is 0 Å². The zero-order valence-electron chi connectivity index (χ0n) is 9.96. The third-order valence-electron chi connectivity index (χ3n) is 3.28. The molecule has 18 heavy (non-hydrogen) atoms. The van der Waals surface area contributed by atoms with Crippen molar-refractivity contribution in [2.24, 2.45) is 5.73 Å². The minimum atomic E-state index is -0.160. The molecule has 2 rings (SSSR count). The summed E-state index contributed by atoms with van der Waals surface area (Å²) in [7, 11) is 0. The lowest BCUT2D eigenvalue weighted by molar-refractivity contribution is 0.0713. The predicted molar refractivity (Wildman–Crippen MR) is 78.1 cm³/mol. The highest BCUT2D eigenvalue weighted by atomic mass is 32.2. The van der Waals surface area contributed by atoms with Gasteiger partial charge in [-0.05, 0) is 30.6 Å². The Labute approximate surface area is 119 Å². The number of hydrogen-bond acceptors (Lipinski definition) is 6.